The Kier molecular flexibility index (Phi) is 2.60. The number of nitrogens with zero attached hydrogens (tertiary/aromatic N) is 2. The van der Waals surface area contributed by atoms with Crippen molar-refractivity contribution in [2.75, 3.05) is 0 Å². The fourth-order valence-electron chi connectivity index (χ4n) is 0.823. The van der Waals surface area contributed by atoms with E-state index in [1.807, 2.05) is 0 Å². The van der Waals surface area contributed by atoms with Crippen LogP contribution in [0.15, 0.2) is 6.33 Å². The molecule has 0 aliphatic heterocycles. The number of carbonyl (C=O) groups is 1. The number of rotatable bonds is 2. The second kappa shape index (κ2) is 3.49. The van der Waals surface area contributed by atoms with Crippen molar-refractivity contribution in [3.05, 3.63) is 22.7 Å². The lowest BCUT2D eigenvalue weighted by Crippen LogP contribution is -2.04. The zero-order chi connectivity index (χ0) is 9.14. The van der Waals surface area contributed by atoms with Gasteiger partial charge < -0.3 is 5.11 Å². The van der Waals surface area contributed by atoms with Crippen molar-refractivity contribution in [2.24, 2.45) is 0 Å². The molecule has 1 rings (SSSR count). The molecule has 0 amide bonds. The Balaban J connectivity index is 3.04. The molecule has 0 saturated heterocycles. The molecule has 0 bridgehead atoms. The van der Waals surface area contributed by atoms with Crippen molar-refractivity contribution in [2.45, 2.75) is 13.3 Å². The van der Waals surface area contributed by atoms with Crippen molar-refractivity contribution in [3.8, 4) is 0 Å². The predicted molar refractivity (Wildman–Crippen MR) is 43.1 cm³/mol. The molecule has 0 aromatic carbocycles. The maximum atomic E-state index is 10.4. The minimum Gasteiger partial charge on any atom is -0.481 e. The van der Waals surface area contributed by atoms with E-state index < -0.39 is 5.97 Å². The van der Waals surface area contributed by atoms with Crippen molar-refractivity contribution in [1.82, 2.24) is 9.97 Å². The van der Waals surface area contributed by atoms with Crippen LogP contribution < -0.4 is 0 Å². The Morgan fingerprint density at radius 2 is 2.33 bits per heavy atom. The Morgan fingerprint density at radius 3 is 2.83 bits per heavy atom. The summed E-state index contributed by atoms with van der Waals surface area (Å²) in [7, 11) is 0. The molecule has 1 aromatic heterocycles. The highest BCUT2D eigenvalue weighted by molar-refractivity contribution is 6.30. The van der Waals surface area contributed by atoms with E-state index in [2.05, 4.69) is 9.97 Å². The molecule has 0 radical (unpaired) electrons. The number of aryl methyl sites for hydroxylation is 1. The first-order valence-corrected chi connectivity index (χ1v) is 3.67. The summed E-state index contributed by atoms with van der Waals surface area (Å²) < 4.78 is 0. The zero-order valence-corrected chi connectivity index (χ0v) is 7.17. The molecule has 0 aliphatic carbocycles. The SMILES string of the molecule is Cc1ncnc(Cl)c1CC(=O)O. The van der Waals surface area contributed by atoms with E-state index in [9.17, 15) is 4.79 Å². The maximum absolute atomic E-state index is 10.4. The van der Waals surface area contributed by atoms with Gasteiger partial charge in [0.2, 0.25) is 0 Å². The number of carboxylic acid groups (broad SMARTS) is 1. The van der Waals surface area contributed by atoms with Crippen LogP contribution in [0, 0.1) is 6.92 Å². The van der Waals surface area contributed by atoms with Crippen LogP contribution in [0.25, 0.3) is 0 Å². The minimum absolute atomic E-state index is 0.133. The van der Waals surface area contributed by atoms with Gasteiger partial charge in [-0.1, -0.05) is 11.6 Å². The summed E-state index contributed by atoms with van der Waals surface area (Å²) in [5, 5.41) is 8.71. The van der Waals surface area contributed by atoms with Crippen LogP contribution >= 0.6 is 11.6 Å². The summed E-state index contributed by atoms with van der Waals surface area (Å²) in [5.41, 5.74) is 1.09. The third-order valence-electron chi connectivity index (χ3n) is 1.44. The summed E-state index contributed by atoms with van der Waals surface area (Å²) in [5.74, 6) is -0.935. The minimum atomic E-state index is -0.935. The van der Waals surface area contributed by atoms with Gasteiger partial charge in [-0.3, -0.25) is 4.79 Å². The second-order valence-electron chi connectivity index (χ2n) is 2.30. The van der Waals surface area contributed by atoms with Crippen LogP contribution in [-0.4, -0.2) is 21.0 Å². The fourth-order valence-corrected chi connectivity index (χ4v) is 1.07. The molecule has 12 heavy (non-hydrogen) atoms. The van der Waals surface area contributed by atoms with Crippen LogP contribution in [0.2, 0.25) is 5.15 Å². The average molecular weight is 187 g/mol. The lowest BCUT2D eigenvalue weighted by atomic mass is 10.2. The molecule has 0 unspecified atom stereocenters. The molecule has 1 N–H and O–H groups in total. The monoisotopic (exact) mass is 186 g/mol. The molecule has 0 spiro atoms. The molecule has 0 aliphatic rings. The lowest BCUT2D eigenvalue weighted by Gasteiger charge is -2.01. The Bertz CT molecular complexity index is 294. The fraction of sp³-hybridized carbons (Fsp3) is 0.286. The molecular formula is C7H7ClN2O2. The van der Waals surface area contributed by atoms with Crippen LogP contribution in [0.1, 0.15) is 11.3 Å². The van der Waals surface area contributed by atoms with Crippen molar-refractivity contribution >= 4 is 17.6 Å². The molecule has 64 valence electrons. The number of carboxylic acids is 1. The molecular weight excluding hydrogens is 180 g/mol. The van der Waals surface area contributed by atoms with Gasteiger partial charge in [-0.2, -0.15) is 0 Å². The van der Waals surface area contributed by atoms with E-state index in [0.29, 0.717) is 11.3 Å². The average Bonchev–Trinajstić information content (AvgIpc) is 1.97. The first kappa shape index (κ1) is 8.93. The molecule has 1 aromatic rings. The molecule has 1 heterocycles. The third kappa shape index (κ3) is 1.92. The standard InChI is InChI=1S/C7H7ClN2O2/c1-4-5(2-6(11)12)7(8)10-3-9-4/h3H,2H2,1H3,(H,11,12). The first-order chi connectivity index (χ1) is 5.61. The molecule has 0 saturated carbocycles. The van der Waals surface area contributed by atoms with E-state index in [4.69, 9.17) is 16.7 Å². The Hall–Kier alpha value is -1.16. The third-order valence-corrected chi connectivity index (χ3v) is 1.76. The van der Waals surface area contributed by atoms with Gasteiger partial charge in [0, 0.05) is 11.3 Å². The molecule has 4 nitrogen and oxygen atoms in total. The summed E-state index contributed by atoms with van der Waals surface area (Å²) in [6.07, 6.45) is 1.18. The number of aromatic nitrogens is 2. The quantitative estimate of drug-likeness (QED) is 0.702. The number of halogens is 1. The number of hydrogen-bond acceptors (Lipinski definition) is 3. The van der Waals surface area contributed by atoms with Gasteiger partial charge in [0.05, 0.1) is 6.42 Å². The maximum Gasteiger partial charge on any atom is 0.308 e. The molecule has 0 atom stereocenters. The van der Waals surface area contributed by atoms with Crippen LogP contribution in [0.4, 0.5) is 0 Å². The highest BCUT2D eigenvalue weighted by atomic mass is 35.5. The van der Waals surface area contributed by atoms with Gasteiger partial charge in [-0.05, 0) is 6.92 Å². The van der Waals surface area contributed by atoms with Gasteiger partial charge in [0.25, 0.3) is 0 Å². The van der Waals surface area contributed by atoms with Crippen LogP contribution in [-0.2, 0) is 11.2 Å². The summed E-state index contributed by atoms with van der Waals surface area (Å²) in [4.78, 5) is 17.9. The van der Waals surface area contributed by atoms with E-state index in [0.717, 1.165) is 0 Å². The predicted octanol–water partition coefficient (Wildman–Crippen LogP) is 1.07. The summed E-state index contributed by atoms with van der Waals surface area (Å²) >= 11 is 5.66. The number of hydrogen-bond donors (Lipinski definition) is 1. The second-order valence-corrected chi connectivity index (χ2v) is 2.66. The first-order valence-electron chi connectivity index (χ1n) is 3.29. The lowest BCUT2D eigenvalue weighted by molar-refractivity contribution is -0.136. The van der Waals surface area contributed by atoms with Crippen molar-refractivity contribution < 1.29 is 9.90 Å². The number of aliphatic carboxylic acids is 1. The van der Waals surface area contributed by atoms with E-state index in [1.54, 1.807) is 6.92 Å². The van der Waals surface area contributed by atoms with Gasteiger partial charge in [0.1, 0.15) is 11.5 Å². The van der Waals surface area contributed by atoms with Crippen molar-refractivity contribution in [3.63, 3.8) is 0 Å². The van der Waals surface area contributed by atoms with Crippen LogP contribution in [0.3, 0.4) is 0 Å². The smallest absolute Gasteiger partial charge is 0.308 e. The van der Waals surface area contributed by atoms with Crippen molar-refractivity contribution in [1.29, 1.82) is 0 Å². The Labute approximate surface area is 74.2 Å². The normalized spacial score (nSPS) is 9.83. The highest BCUT2D eigenvalue weighted by Crippen LogP contribution is 2.14. The molecule has 5 heteroatoms. The zero-order valence-electron chi connectivity index (χ0n) is 6.41. The van der Waals surface area contributed by atoms with E-state index in [-0.39, 0.29) is 11.6 Å². The van der Waals surface area contributed by atoms with Gasteiger partial charge >= 0.3 is 5.97 Å². The van der Waals surface area contributed by atoms with E-state index >= 15 is 0 Å². The van der Waals surface area contributed by atoms with Gasteiger partial charge in [-0.15, -0.1) is 0 Å². The summed E-state index contributed by atoms with van der Waals surface area (Å²) in [6, 6.07) is 0. The Morgan fingerprint density at radius 1 is 1.67 bits per heavy atom. The van der Waals surface area contributed by atoms with Gasteiger partial charge in [0.15, 0.2) is 0 Å². The van der Waals surface area contributed by atoms with Crippen LogP contribution in [0.5, 0.6) is 0 Å². The topological polar surface area (TPSA) is 63.1 Å². The molecule has 0 fully saturated rings. The largest absolute Gasteiger partial charge is 0.481 e. The highest BCUT2D eigenvalue weighted by Gasteiger charge is 2.09. The van der Waals surface area contributed by atoms with E-state index in [1.165, 1.54) is 6.33 Å². The summed E-state index contributed by atoms with van der Waals surface area (Å²) in [6.45, 7) is 1.70. The van der Waals surface area contributed by atoms with Gasteiger partial charge in [-0.25, -0.2) is 9.97 Å².